The molecule has 0 aliphatic heterocycles. The van der Waals surface area contributed by atoms with Gasteiger partial charge >= 0.3 is 0 Å². The van der Waals surface area contributed by atoms with Crippen molar-refractivity contribution in [3.8, 4) is 11.4 Å². The van der Waals surface area contributed by atoms with Gasteiger partial charge in [-0.1, -0.05) is 49.7 Å². The molecule has 0 atom stereocenters. The van der Waals surface area contributed by atoms with E-state index in [-0.39, 0.29) is 0 Å². The third-order valence-electron chi connectivity index (χ3n) is 3.36. The molecule has 0 spiro atoms. The Morgan fingerprint density at radius 2 is 1.80 bits per heavy atom. The molecule has 0 unspecified atom stereocenters. The van der Waals surface area contributed by atoms with Crippen LogP contribution < -0.4 is 0 Å². The molecule has 2 heterocycles. The van der Waals surface area contributed by atoms with Crippen LogP contribution in [-0.2, 0) is 0 Å². The number of aryl methyl sites for hydroxylation is 1. The molecule has 1 aromatic carbocycles. The summed E-state index contributed by atoms with van der Waals surface area (Å²) in [7, 11) is 0. The molecule has 20 heavy (non-hydrogen) atoms. The molecule has 102 valence electrons. The van der Waals surface area contributed by atoms with E-state index in [1.807, 2.05) is 11.3 Å². The lowest BCUT2D eigenvalue weighted by Gasteiger charge is -2.07. The second-order valence-electron chi connectivity index (χ2n) is 5.12. The second-order valence-corrected chi connectivity index (χ2v) is 5.51. The van der Waals surface area contributed by atoms with Crippen LogP contribution in [0.3, 0.4) is 0 Å². The van der Waals surface area contributed by atoms with E-state index < -0.39 is 0 Å². The number of rotatable bonds is 2. The minimum absolute atomic E-state index is 0.434. The predicted octanol–water partition coefficient (Wildman–Crippen LogP) is 3.88. The normalized spacial score (nSPS) is 11.4. The Balaban J connectivity index is 2.15. The van der Waals surface area contributed by atoms with Gasteiger partial charge in [-0.2, -0.15) is 0 Å². The number of aromatic nitrogens is 4. The largest absolute Gasteiger partial charge is 0.263 e. The maximum Gasteiger partial charge on any atom is 0.169 e. The van der Waals surface area contributed by atoms with Gasteiger partial charge in [0.1, 0.15) is 11.0 Å². The van der Waals surface area contributed by atoms with E-state index in [2.05, 4.69) is 53.3 Å². The topological polar surface area (TPSA) is 43.1 Å². The van der Waals surface area contributed by atoms with Crippen molar-refractivity contribution in [3.63, 3.8) is 0 Å². The van der Waals surface area contributed by atoms with Gasteiger partial charge < -0.3 is 0 Å². The Labute approximate surface area is 122 Å². The first kappa shape index (κ1) is 13.1. The van der Waals surface area contributed by atoms with E-state index in [4.69, 9.17) is 11.6 Å². The van der Waals surface area contributed by atoms with Crippen molar-refractivity contribution in [1.29, 1.82) is 0 Å². The lowest BCUT2D eigenvalue weighted by Crippen LogP contribution is -1.98. The quantitative estimate of drug-likeness (QED) is 0.672. The highest BCUT2D eigenvalue weighted by atomic mass is 35.5. The maximum absolute atomic E-state index is 5.94. The van der Waals surface area contributed by atoms with E-state index >= 15 is 0 Å². The van der Waals surface area contributed by atoms with Gasteiger partial charge in [0.25, 0.3) is 0 Å². The van der Waals surface area contributed by atoms with Gasteiger partial charge in [-0.25, -0.2) is 4.98 Å². The third-order valence-corrected chi connectivity index (χ3v) is 3.56. The first-order chi connectivity index (χ1) is 9.56. The van der Waals surface area contributed by atoms with E-state index in [0.29, 0.717) is 16.7 Å². The summed E-state index contributed by atoms with van der Waals surface area (Å²) in [6, 6.07) is 10.1. The van der Waals surface area contributed by atoms with Crippen LogP contribution in [0.5, 0.6) is 0 Å². The molecule has 0 aliphatic carbocycles. The van der Waals surface area contributed by atoms with Gasteiger partial charge in [-0.15, -0.1) is 10.2 Å². The molecule has 2 aromatic heterocycles. The molecule has 0 aliphatic rings. The lowest BCUT2D eigenvalue weighted by molar-refractivity contribution is 0.866. The van der Waals surface area contributed by atoms with Crippen LogP contribution in [-0.4, -0.2) is 19.6 Å². The van der Waals surface area contributed by atoms with E-state index in [1.165, 1.54) is 5.56 Å². The second kappa shape index (κ2) is 4.87. The first-order valence-electron chi connectivity index (χ1n) is 6.55. The molecule has 5 heteroatoms. The number of hydrogen-bond acceptors (Lipinski definition) is 3. The third kappa shape index (κ3) is 2.16. The Morgan fingerprint density at radius 1 is 1.10 bits per heavy atom. The number of benzene rings is 1. The molecule has 3 aromatic rings. The summed E-state index contributed by atoms with van der Waals surface area (Å²) in [5.41, 5.74) is 3.04. The summed E-state index contributed by atoms with van der Waals surface area (Å²) in [5.74, 6) is 2.08. The van der Waals surface area contributed by atoms with E-state index in [1.54, 1.807) is 6.07 Å². The zero-order chi connectivity index (χ0) is 14.3. The van der Waals surface area contributed by atoms with Gasteiger partial charge in [-0.05, 0) is 18.4 Å². The van der Waals surface area contributed by atoms with E-state index in [9.17, 15) is 0 Å². The average molecular weight is 287 g/mol. The SMILES string of the molecule is Cc1nc(Cl)cc2nnc(-c3ccc(C(C)C)cc3)n12. The molecule has 0 N–H and O–H groups in total. The van der Waals surface area contributed by atoms with Crippen molar-refractivity contribution < 1.29 is 0 Å². The molecule has 3 rings (SSSR count). The minimum Gasteiger partial charge on any atom is -0.263 e. The molecule has 0 bridgehead atoms. The van der Waals surface area contributed by atoms with Crippen molar-refractivity contribution in [2.75, 3.05) is 0 Å². The van der Waals surface area contributed by atoms with Crippen LogP contribution in [0, 0.1) is 6.92 Å². The zero-order valence-electron chi connectivity index (χ0n) is 11.6. The van der Waals surface area contributed by atoms with Crippen LogP contribution in [0.15, 0.2) is 30.3 Å². The van der Waals surface area contributed by atoms with Gasteiger partial charge in [-0.3, -0.25) is 4.40 Å². The maximum atomic E-state index is 5.94. The molecule has 0 saturated heterocycles. The van der Waals surface area contributed by atoms with Crippen LogP contribution in [0.1, 0.15) is 31.2 Å². The van der Waals surface area contributed by atoms with Crippen LogP contribution in [0.4, 0.5) is 0 Å². The summed E-state index contributed by atoms with van der Waals surface area (Å²) in [4.78, 5) is 4.25. The van der Waals surface area contributed by atoms with Crippen molar-refractivity contribution in [2.24, 2.45) is 0 Å². The Hall–Kier alpha value is -1.94. The van der Waals surface area contributed by atoms with Gasteiger partial charge in [0.2, 0.25) is 0 Å². The number of nitrogens with zero attached hydrogens (tertiary/aromatic N) is 4. The molecular formula is C15H15ClN4. The summed E-state index contributed by atoms with van der Waals surface area (Å²) in [6.45, 7) is 6.25. The van der Waals surface area contributed by atoms with Crippen LogP contribution >= 0.6 is 11.6 Å². The number of halogens is 1. The van der Waals surface area contributed by atoms with Crippen molar-refractivity contribution in [1.82, 2.24) is 19.6 Å². The summed E-state index contributed by atoms with van der Waals surface area (Å²) < 4.78 is 1.91. The van der Waals surface area contributed by atoms with Crippen molar-refractivity contribution >= 4 is 17.2 Å². The molecule has 4 nitrogen and oxygen atoms in total. The Morgan fingerprint density at radius 3 is 2.45 bits per heavy atom. The van der Waals surface area contributed by atoms with Gasteiger partial charge in [0, 0.05) is 11.6 Å². The predicted molar refractivity (Wildman–Crippen MR) is 80.1 cm³/mol. The zero-order valence-corrected chi connectivity index (χ0v) is 12.4. The van der Waals surface area contributed by atoms with Crippen molar-refractivity contribution in [2.45, 2.75) is 26.7 Å². The number of fused-ring (bicyclic) bond motifs is 1. The lowest BCUT2D eigenvalue weighted by atomic mass is 10.0. The average Bonchev–Trinajstić information content (AvgIpc) is 2.82. The fraction of sp³-hybridized carbons (Fsp3) is 0.267. The summed E-state index contributed by atoms with van der Waals surface area (Å²) in [5, 5.41) is 8.85. The van der Waals surface area contributed by atoms with Gasteiger partial charge in [0.15, 0.2) is 11.5 Å². The molecule has 0 amide bonds. The first-order valence-corrected chi connectivity index (χ1v) is 6.92. The minimum atomic E-state index is 0.434. The Kier molecular flexibility index (Phi) is 3.18. The smallest absolute Gasteiger partial charge is 0.169 e. The van der Waals surface area contributed by atoms with Crippen molar-refractivity contribution in [3.05, 3.63) is 46.9 Å². The highest BCUT2D eigenvalue weighted by molar-refractivity contribution is 6.29. The van der Waals surface area contributed by atoms with Crippen LogP contribution in [0.2, 0.25) is 5.15 Å². The Bertz CT molecular complexity index is 759. The fourth-order valence-electron chi connectivity index (χ4n) is 2.26. The molecule has 0 saturated carbocycles. The molecule has 0 fully saturated rings. The highest BCUT2D eigenvalue weighted by Gasteiger charge is 2.12. The fourth-order valence-corrected chi connectivity index (χ4v) is 2.48. The summed E-state index contributed by atoms with van der Waals surface area (Å²) in [6.07, 6.45) is 0. The molecular weight excluding hydrogens is 272 g/mol. The van der Waals surface area contributed by atoms with Crippen LogP contribution in [0.25, 0.3) is 17.0 Å². The summed E-state index contributed by atoms with van der Waals surface area (Å²) >= 11 is 5.94. The monoisotopic (exact) mass is 286 g/mol. The van der Waals surface area contributed by atoms with E-state index in [0.717, 1.165) is 17.2 Å². The van der Waals surface area contributed by atoms with Gasteiger partial charge in [0.05, 0.1) is 0 Å². The molecule has 0 radical (unpaired) electrons. The standard InChI is InChI=1S/C15H15ClN4/c1-9(2)11-4-6-12(7-5-11)15-19-18-14-8-13(16)17-10(3)20(14)15/h4-9H,1-3H3. The highest BCUT2D eigenvalue weighted by Crippen LogP contribution is 2.23. The number of hydrogen-bond donors (Lipinski definition) is 0.